The molecule has 0 heterocycles. The Morgan fingerprint density at radius 2 is 1.80 bits per heavy atom. The van der Waals surface area contributed by atoms with Crippen molar-refractivity contribution in [2.45, 2.75) is 40.7 Å². The molecular formula is C21H27NO3. The molecule has 0 spiro atoms. The van der Waals surface area contributed by atoms with Gasteiger partial charge in [-0.05, 0) is 56.5 Å². The molecule has 4 heteroatoms. The van der Waals surface area contributed by atoms with Crippen LogP contribution in [0.4, 0.5) is 5.69 Å². The van der Waals surface area contributed by atoms with Crippen molar-refractivity contribution in [1.82, 2.24) is 0 Å². The Morgan fingerprint density at radius 3 is 2.44 bits per heavy atom. The lowest BCUT2D eigenvalue weighted by molar-refractivity contribution is 0.102. The molecule has 0 fully saturated rings. The van der Waals surface area contributed by atoms with Gasteiger partial charge in [-0.15, -0.1) is 0 Å². The molecule has 4 nitrogen and oxygen atoms in total. The summed E-state index contributed by atoms with van der Waals surface area (Å²) in [5, 5.41) is 3.02. The van der Waals surface area contributed by atoms with E-state index in [1.54, 1.807) is 6.07 Å². The van der Waals surface area contributed by atoms with Crippen LogP contribution in [0.25, 0.3) is 0 Å². The number of nitrogens with one attached hydrogen (secondary N) is 1. The van der Waals surface area contributed by atoms with E-state index in [2.05, 4.69) is 12.2 Å². The quantitative estimate of drug-likeness (QED) is 0.696. The first-order valence-electron chi connectivity index (χ1n) is 8.77. The Morgan fingerprint density at radius 1 is 1.08 bits per heavy atom. The Labute approximate surface area is 150 Å². The van der Waals surface area contributed by atoms with Gasteiger partial charge in [0.25, 0.3) is 5.91 Å². The number of hydrogen-bond acceptors (Lipinski definition) is 3. The number of carbonyl (C=O) groups is 1. The van der Waals surface area contributed by atoms with E-state index in [-0.39, 0.29) is 5.91 Å². The number of hydrogen-bond donors (Lipinski definition) is 1. The van der Waals surface area contributed by atoms with Crippen molar-refractivity contribution in [3.63, 3.8) is 0 Å². The van der Waals surface area contributed by atoms with Gasteiger partial charge >= 0.3 is 0 Å². The molecule has 2 aromatic carbocycles. The molecule has 0 aliphatic rings. The van der Waals surface area contributed by atoms with E-state index < -0.39 is 0 Å². The van der Waals surface area contributed by atoms with Gasteiger partial charge in [-0.3, -0.25) is 4.79 Å². The van der Waals surface area contributed by atoms with Crippen LogP contribution in [0.1, 0.15) is 47.3 Å². The maximum absolute atomic E-state index is 12.7. The maximum Gasteiger partial charge on any atom is 0.255 e. The number of amides is 1. The molecule has 0 atom stereocenters. The Bertz CT molecular complexity index is 705. The first-order chi connectivity index (χ1) is 12.1. The maximum atomic E-state index is 12.7. The fourth-order valence-electron chi connectivity index (χ4n) is 2.65. The molecule has 0 aliphatic heterocycles. The zero-order chi connectivity index (χ0) is 18.2. The molecule has 2 rings (SSSR count). The van der Waals surface area contributed by atoms with Gasteiger partial charge in [-0.1, -0.05) is 25.1 Å². The summed E-state index contributed by atoms with van der Waals surface area (Å²) in [6.45, 7) is 9.69. The molecule has 134 valence electrons. The highest BCUT2D eigenvalue weighted by Crippen LogP contribution is 2.24. The standard InChI is InChI=1S/C21H27NO3/c1-5-12-24-14-18-13-17(10-11-19(18)25-6-2)21(23)22-20-15(3)8-7-9-16(20)4/h7-11,13H,5-6,12,14H2,1-4H3,(H,22,23). The first kappa shape index (κ1) is 19.0. The fourth-order valence-corrected chi connectivity index (χ4v) is 2.65. The van der Waals surface area contributed by atoms with E-state index in [0.717, 1.165) is 34.5 Å². The third kappa shape index (κ3) is 5.07. The number of anilines is 1. The molecule has 25 heavy (non-hydrogen) atoms. The van der Waals surface area contributed by atoms with E-state index in [4.69, 9.17) is 9.47 Å². The zero-order valence-electron chi connectivity index (χ0n) is 15.5. The van der Waals surface area contributed by atoms with Crippen molar-refractivity contribution in [2.75, 3.05) is 18.5 Å². The second-order valence-corrected chi connectivity index (χ2v) is 6.03. The summed E-state index contributed by atoms with van der Waals surface area (Å²) in [5.74, 6) is 0.638. The van der Waals surface area contributed by atoms with Crippen LogP contribution in [0.2, 0.25) is 0 Å². The number of ether oxygens (including phenoxy) is 2. The second-order valence-electron chi connectivity index (χ2n) is 6.03. The molecule has 0 aromatic heterocycles. The summed E-state index contributed by atoms with van der Waals surface area (Å²) in [5.41, 5.74) is 4.45. The fraction of sp³-hybridized carbons (Fsp3) is 0.381. The Hall–Kier alpha value is -2.33. The van der Waals surface area contributed by atoms with E-state index in [9.17, 15) is 4.79 Å². The summed E-state index contributed by atoms with van der Waals surface area (Å²) < 4.78 is 11.3. The van der Waals surface area contributed by atoms with Gasteiger partial charge in [-0.2, -0.15) is 0 Å². The molecule has 1 N–H and O–H groups in total. The molecule has 2 aromatic rings. The van der Waals surface area contributed by atoms with Crippen molar-refractivity contribution in [2.24, 2.45) is 0 Å². The molecule has 0 saturated heterocycles. The van der Waals surface area contributed by atoms with Crippen molar-refractivity contribution < 1.29 is 14.3 Å². The normalized spacial score (nSPS) is 10.6. The average Bonchev–Trinajstić information content (AvgIpc) is 2.60. The minimum atomic E-state index is -0.128. The second kappa shape index (κ2) is 9.23. The highest BCUT2D eigenvalue weighted by atomic mass is 16.5. The number of para-hydroxylation sites is 1. The third-order valence-corrected chi connectivity index (χ3v) is 3.95. The third-order valence-electron chi connectivity index (χ3n) is 3.95. The average molecular weight is 341 g/mol. The minimum absolute atomic E-state index is 0.128. The molecule has 0 saturated carbocycles. The molecular weight excluding hydrogens is 314 g/mol. The summed E-state index contributed by atoms with van der Waals surface area (Å²) in [6, 6.07) is 11.4. The van der Waals surface area contributed by atoms with Crippen molar-refractivity contribution in [1.29, 1.82) is 0 Å². The first-order valence-corrected chi connectivity index (χ1v) is 8.77. The molecule has 0 unspecified atom stereocenters. The van der Waals surface area contributed by atoms with Crippen LogP contribution in [0.5, 0.6) is 5.75 Å². The molecule has 1 amide bonds. The smallest absolute Gasteiger partial charge is 0.255 e. The van der Waals surface area contributed by atoms with E-state index in [1.807, 2.05) is 51.1 Å². The number of aryl methyl sites for hydroxylation is 2. The summed E-state index contributed by atoms with van der Waals surface area (Å²) in [4.78, 5) is 12.7. The van der Waals surface area contributed by atoms with Gasteiger partial charge in [-0.25, -0.2) is 0 Å². The van der Waals surface area contributed by atoms with Gasteiger partial charge in [0.1, 0.15) is 5.75 Å². The lowest BCUT2D eigenvalue weighted by Gasteiger charge is -2.14. The van der Waals surface area contributed by atoms with Crippen LogP contribution in [-0.2, 0) is 11.3 Å². The van der Waals surface area contributed by atoms with Crippen LogP contribution in [0.3, 0.4) is 0 Å². The highest BCUT2D eigenvalue weighted by molar-refractivity contribution is 6.05. The van der Waals surface area contributed by atoms with E-state index in [0.29, 0.717) is 25.4 Å². The highest BCUT2D eigenvalue weighted by Gasteiger charge is 2.13. The van der Waals surface area contributed by atoms with Crippen LogP contribution < -0.4 is 10.1 Å². The minimum Gasteiger partial charge on any atom is -0.494 e. The predicted molar refractivity (Wildman–Crippen MR) is 101 cm³/mol. The zero-order valence-corrected chi connectivity index (χ0v) is 15.5. The predicted octanol–water partition coefficient (Wildman–Crippen LogP) is 4.88. The Kier molecular flexibility index (Phi) is 7.02. The van der Waals surface area contributed by atoms with Crippen molar-refractivity contribution in [3.05, 3.63) is 58.7 Å². The van der Waals surface area contributed by atoms with Gasteiger partial charge < -0.3 is 14.8 Å². The van der Waals surface area contributed by atoms with Crippen LogP contribution in [-0.4, -0.2) is 19.1 Å². The monoisotopic (exact) mass is 341 g/mol. The van der Waals surface area contributed by atoms with E-state index >= 15 is 0 Å². The summed E-state index contributed by atoms with van der Waals surface area (Å²) >= 11 is 0. The van der Waals surface area contributed by atoms with Crippen LogP contribution in [0, 0.1) is 13.8 Å². The molecule has 0 radical (unpaired) electrons. The summed E-state index contributed by atoms with van der Waals surface area (Å²) in [6.07, 6.45) is 0.955. The molecule has 0 bridgehead atoms. The Balaban J connectivity index is 2.22. The van der Waals surface area contributed by atoms with Gasteiger partial charge in [0.05, 0.1) is 13.2 Å². The lowest BCUT2D eigenvalue weighted by atomic mass is 10.1. The number of benzene rings is 2. The van der Waals surface area contributed by atoms with Gasteiger partial charge in [0.2, 0.25) is 0 Å². The van der Waals surface area contributed by atoms with Crippen LogP contribution >= 0.6 is 0 Å². The number of carbonyl (C=O) groups excluding carboxylic acids is 1. The van der Waals surface area contributed by atoms with E-state index in [1.165, 1.54) is 0 Å². The van der Waals surface area contributed by atoms with Gasteiger partial charge in [0.15, 0.2) is 0 Å². The van der Waals surface area contributed by atoms with Crippen molar-refractivity contribution in [3.8, 4) is 5.75 Å². The largest absolute Gasteiger partial charge is 0.494 e. The topological polar surface area (TPSA) is 47.6 Å². The lowest BCUT2D eigenvalue weighted by Crippen LogP contribution is -2.14. The van der Waals surface area contributed by atoms with Crippen LogP contribution in [0.15, 0.2) is 36.4 Å². The SMILES string of the molecule is CCCOCc1cc(C(=O)Nc2c(C)cccc2C)ccc1OCC. The number of rotatable bonds is 8. The summed E-state index contributed by atoms with van der Waals surface area (Å²) in [7, 11) is 0. The van der Waals surface area contributed by atoms with Crippen molar-refractivity contribution >= 4 is 11.6 Å². The van der Waals surface area contributed by atoms with Gasteiger partial charge in [0, 0.05) is 23.4 Å². The molecule has 0 aliphatic carbocycles.